The number of fused-ring (bicyclic) bond motifs is 1. The van der Waals surface area contributed by atoms with Gasteiger partial charge >= 0.3 is 0 Å². The van der Waals surface area contributed by atoms with E-state index in [0.29, 0.717) is 24.4 Å². The van der Waals surface area contributed by atoms with Crippen molar-refractivity contribution in [2.45, 2.75) is 19.8 Å². The molecule has 1 fully saturated rings. The summed E-state index contributed by atoms with van der Waals surface area (Å²) in [4.78, 5) is 20.3. The maximum atomic E-state index is 13.8. The van der Waals surface area contributed by atoms with Crippen LogP contribution in [-0.4, -0.2) is 29.0 Å². The van der Waals surface area contributed by atoms with E-state index in [4.69, 9.17) is 0 Å². The van der Waals surface area contributed by atoms with Crippen LogP contribution in [0.2, 0.25) is 0 Å². The molecule has 2 heterocycles. The van der Waals surface area contributed by atoms with Crippen molar-refractivity contribution in [3.63, 3.8) is 0 Å². The Hall–Kier alpha value is -2.73. The Morgan fingerprint density at radius 2 is 2.15 bits per heavy atom. The first-order valence-electron chi connectivity index (χ1n) is 8.78. The van der Waals surface area contributed by atoms with Crippen LogP contribution in [0.4, 0.5) is 10.1 Å². The molecule has 4 rings (SSSR count). The molecule has 3 aromatic rings. The van der Waals surface area contributed by atoms with E-state index in [-0.39, 0.29) is 17.1 Å². The monoisotopic (exact) mass is 352 g/mol. The second-order valence-corrected chi connectivity index (χ2v) is 7.13. The molecule has 5 nitrogen and oxygen atoms in total. The lowest BCUT2D eigenvalue weighted by Crippen LogP contribution is -2.35. The molecular formula is C20H21FN4O. The summed E-state index contributed by atoms with van der Waals surface area (Å²) >= 11 is 0. The normalized spacial score (nSPS) is 19.8. The fraction of sp³-hybridized carbons (Fsp3) is 0.300. The summed E-state index contributed by atoms with van der Waals surface area (Å²) in [5, 5.41) is 6.23. The molecule has 1 aromatic heterocycles. The van der Waals surface area contributed by atoms with Crippen molar-refractivity contribution in [1.82, 2.24) is 15.3 Å². The molecule has 0 aliphatic carbocycles. The zero-order valence-corrected chi connectivity index (χ0v) is 14.6. The van der Waals surface area contributed by atoms with Gasteiger partial charge in [0.2, 0.25) is 5.91 Å². The smallest absolute Gasteiger partial charge is 0.231 e. The minimum atomic E-state index is -0.376. The second kappa shape index (κ2) is 6.53. The van der Waals surface area contributed by atoms with E-state index in [0.717, 1.165) is 29.7 Å². The van der Waals surface area contributed by atoms with Gasteiger partial charge in [0.15, 0.2) is 0 Å². The molecule has 0 radical (unpaired) electrons. The first-order valence-corrected chi connectivity index (χ1v) is 8.78. The minimum absolute atomic E-state index is 0.0212. The predicted molar refractivity (Wildman–Crippen MR) is 99.5 cm³/mol. The van der Waals surface area contributed by atoms with Gasteiger partial charge in [0.05, 0.1) is 16.4 Å². The fourth-order valence-corrected chi connectivity index (χ4v) is 3.34. The van der Waals surface area contributed by atoms with Crippen LogP contribution < -0.4 is 10.6 Å². The van der Waals surface area contributed by atoms with E-state index in [1.165, 1.54) is 6.07 Å². The molecule has 0 saturated carbocycles. The number of aromatic amines is 1. The fourth-order valence-electron chi connectivity index (χ4n) is 3.34. The summed E-state index contributed by atoms with van der Waals surface area (Å²) in [7, 11) is 0. The molecule has 0 bridgehead atoms. The van der Waals surface area contributed by atoms with Crippen LogP contribution in [-0.2, 0) is 11.2 Å². The minimum Gasteiger partial charge on any atom is -0.342 e. The zero-order chi connectivity index (χ0) is 18.1. The first kappa shape index (κ1) is 16.7. The Bertz CT molecular complexity index is 959. The first-order chi connectivity index (χ1) is 12.5. The van der Waals surface area contributed by atoms with Crippen molar-refractivity contribution in [2.24, 2.45) is 5.41 Å². The molecule has 1 aliphatic heterocycles. The third-order valence-electron chi connectivity index (χ3n) is 5.02. The van der Waals surface area contributed by atoms with Crippen LogP contribution in [0.15, 0.2) is 42.5 Å². The van der Waals surface area contributed by atoms with E-state index in [9.17, 15) is 9.18 Å². The highest BCUT2D eigenvalue weighted by molar-refractivity contribution is 5.97. The molecular weight excluding hydrogens is 331 g/mol. The number of carbonyl (C=O) groups is 1. The average Bonchev–Trinajstić information content (AvgIpc) is 3.23. The maximum absolute atomic E-state index is 13.8. The second-order valence-electron chi connectivity index (χ2n) is 7.13. The van der Waals surface area contributed by atoms with E-state index in [1.54, 1.807) is 12.1 Å². The molecule has 1 saturated heterocycles. The third kappa shape index (κ3) is 3.20. The lowest BCUT2D eigenvalue weighted by Gasteiger charge is -2.21. The van der Waals surface area contributed by atoms with Gasteiger partial charge in [-0.1, -0.05) is 18.2 Å². The molecule has 26 heavy (non-hydrogen) atoms. The van der Waals surface area contributed by atoms with Crippen LogP contribution in [0.3, 0.4) is 0 Å². The van der Waals surface area contributed by atoms with E-state index >= 15 is 0 Å². The van der Waals surface area contributed by atoms with Gasteiger partial charge in [0.1, 0.15) is 11.6 Å². The summed E-state index contributed by atoms with van der Waals surface area (Å²) in [6.07, 6.45) is 1.23. The summed E-state index contributed by atoms with van der Waals surface area (Å²) in [6, 6.07) is 12.3. The molecule has 1 amide bonds. The number of H-pyrrole nitrogens is 1. The molecule has 134 valence electrons. The average molecular weight is 352 g/mol. The number of carbonyl (C=O) groups excluding carboxylic acids is 1. The molecule has 1 atom stereocenters. The van der Waals surface area contributed by atoms with Crippen LogP contribution in [0.5, 0.6) is 0 Å². The molecule has 6 heteroatoms. The zero-order valence-electron chi connectivity index (χ0n) is 14.6. The Kier molecular flexibility index (Phi) is 4.20. The number of benzene rings is 2. The lowest BCUT2D eigenvalue weighted by molar-refractivity contribution is -0.123. The van der Waals surface area contributed by atoms with Crippen molar-refractivity contribution >= 4 is 22.6 Å². The number of imidazole rings is 1. The highest BCUT2D eigenvalue weighted by atomic mass is 19.1. The molecule has 1 unspecified atom stereocenters. The van der Waals surface area contributed by atoms with Gasteiger partial charge in [-0.25, -0.2) is 9.37 Å². The lowest BCUT2D eigenvalue weighted by atomic mass is 9.89. The van der Waals surface area contributed by atoms with E-state index < -0.39 is 0 Å². The van der Waals surface area contributed by atoms with Gasteiger partial charge in [-0.2, -0.15) is 0 Å². The van der Waals surface area contributed by atoms with Gasteiger partial charge in [0, 0.05) is 18.7 Å². The van der Waals surface area contributed by atoms with Gasteiger partial charge in [0.25, 0.3) is 0 Å². The number of nitrogens with zero attached hydrogens (tertiary/aromatic N) is 1. The third-order valence-corrected chi connectivity index (χ3v) is 5.02. The van der Waals surface area contributed by atoms with Crippen LogP contribution >= 0.6 is 0 Å². The van der Waals surface area contributed by atoms with E-state index in [1.807, 2.05) is 31.2 Å². The van der Waals surface area contributed by atoms with Crippen molar-refractivity contribution in [2.75, 3.05) is 18.4 Å². The maximum Gasteiger partial charge on any atom is 0.231 e. The quantitative estimate of drug-likeness (QED) is 0.675. The number of halogens is 1. The number of rotatable bonds is 4. The Morgan fingerprint density at radius 1 is 1.31 bits per heavy atom. The van der Waals surface area contributed by atoms with Gasteiger partial charge in [-0.05, 0) is 49.7 Å². The SMILES string of the molecule is CC1(C(=O)Nc2ccc3nc(Cc4ccccc4F)[nH]c3c2)CCNC1. The Labute approximate surface area is 151 Å². The number of amides is 1. The van der Waals surface area contributed by atoms with E-state index in [2.05, 4.69) is 20.6 Å². The molecule has 0 spiro atoms. The Balaban J connectivity index is 1.54. The highest BCUT2D eigenvalue weighted by Gasteiger charge is 2.36. The largest absolute Gasteiger partial charge is 0.342 e. The number of anilines is 1. The van der Waals surface area contributed by atoms with Gasteiger partial charge in [-0.3, -0.25) is 4.79 Å². The van der Waals surface area contributed by atoms with Crippen molar-refractivity contribution in [1.29, 1.82) is 0 Å². The molecule has 2 aromatic carbocycles. The van der Waals surface area contributed by atoms with Crippen molar-refractivity contribution in [3.8, 4) is 0 Å². The highest BCUT2D eigenvalue weighted by Crippen LogP contribution is 2.27. The van der Waals surface area contributed by atoms with Crippen molar-refractivity contribution in [3.05, 3.63) is 59.7 Å². The van der Waals surface area contributed by atoms with Crippen molar-refractivity contribution < 1.29 is 9.18 Å². The standard InChI is InChI=1S/C20H21FN4O/c1-20(8-9-22-12-20)19(26)23-14-6-7-16-17(11-14)25-18(24-16)10-13-4-2-3-5-15(13)21/h2-7,11,22H,8-10,12H2,1H3,(H,23,26)(H,24,25). The van der Waals surface area contributed by atoms with Crippen LogP contribution in [0, 0.1) is 11.2 Å². The topological polar surface area (TPSA) is 69.8 Å². The Morgan fingerprint density at radius 3 is 2.92 bits per heavy atom. The molecule has 1 aliphatic rings. The van der Waals surface area contributed by atoms with Gasteiger partial charge < -0.3 is 15.6 Å². The van der Waals surface area contributed by atoms with Crippen LogP contribution in [0.1, 0.15) is 24.7 Å². The summed E-state index contributed by atoms with van der Waals surface area (Å²) < 4.78 is 13.8. The summed E-state index contributed by atoms with van der Waals surface area (Å²) in [5.41, 5.74) is 2.57. The number of hydrogen-bond acceptors (Lipinski definition) is 3. The van der Waals surface area contributed by atoms with Gasteiger partial charge in [-0.15, -0.1) is 0 Å². The predicted octanol–water partition coefficient (Wildman–Crippen LogP) is 3.23. The number of nitrogens with one attached hydrogen (secondary N) is 3. The number of aromatic nitrogens is 2. The summed E-state index contributed by atoms with van der Waals surface area (Å²) in [5.74, 6) is 0.479. The summed E-state index contributed by atoms with van der Waals surface area (Å²) in [6.45, 7) is 3.53. The molecule has 3 N–H and O–H groups in total. The number of hydrogen-bond donors (Lipinski definition) is 3. The van der Waals surface area contributed by atoms with Crippen LogP contribution in [0.25, 0.3) is 11.0 Å².